The molecule has 0 fully saturated rings. The van der Waals surface area contributed by atoms with Crippen molar-refractivity contribution in [3.8, 4) is 0 Å². The summed E-state index contributed by atoms with van der Waals surface area (Å²) in [6.07, 6.45) is 0.223. The Hall–Kier alpha value is -2.71. The number of benzene rings is 2. The molecule has 0 aliphatic carbocycles. The number of esters is 1. The van der Waals surface area contributed by atoms with E-state index in [1.807, 2.05) is 60.7 Å². The molecule has 3 atom stereocenters. The van der Waals surface area contributed by atoms with Crippen molar-refractivity contribution in [3.05, 3.63) is 71.8 Å². The Morgan fingerprint density at radius 3 is 1.97 bits per heavy atom. The fourth-order valence-electron chi connectivity index (χ4n) is 3.08. The van der Waals surface area contributed by atoms with Gasteiger partial charge >= 0.3 is 12.1 Å². The second kappa shape index (κ2) is 12.4. The van der Waals surface area contributed by atoms with E-state index in [4.69, 9.17) is 9.47 Å². The third-order valence-electron chi connectivity index (χ3n) is 4.44. The molecule has 2 rings (SSSR count). The summed E-state index contributed by atoms with van der Waals surface area (Å²) in [5, 5.41) is 2.81. The number of alkyl carbamates (subject to hydrolysis) is 1. The maximum atomic E-state index is 12.9. The lowest BCUT2D eigenvalue weighted by atomic mass is 10.1. The number of carbonyl (C=O) groups excluding carboxylic acids is 2. The van der Waals surface area contributed by atoms with Gasteiger partial charge in [0.05, 0.1) is 23.8 Å². The van der Waals surface area contributed by atoms with E-state index in [2.05, 4.69) is 10.0 Å². The van der Waals surface area contributed by atoms with Crippen molar-refractivity contribution in [1.29, 1.82) is 0 Å². The summed E-state index contributed by atoms with van der Waals surface area (Å²) in [5.74, 6) is -0.405. The number of ether oxygens (including phenoxy) is 2. The largest absolute Gasteiger partial charge is 0.468 e. The molecule has 0 radical (unpaired) electrons. The molecule has 32 heavy (non-hydrogen) atoms. The smallest absolute Gasteiger partial charge is 0.407 e. The van der Waals surface area contributed by atoms with Crippen molar-refractivity contribution in [2.24, 2.45) is 0 Å². The van der Waals surface area contributed by atoms with Crippen molar-refractivity contribution in [1.82, 2.24) is 10.0 Å². The van der Waals surface area contributed by atoms with Crippen LogP contribution in [0.15, 0.2) is 60.7 Å². The molecule has 2 aromatic carbocycles. The van der Waals surface area contributed by atoms with Gasteiger partial charge in [-0.15, -0.1) is 0 Å². The second-order valence-corrected chi connectivity index (χ2v) is 9.69. The van der Waals surface area contributed by atoms with E-state index in [0.717, 1.165) is 11.1 Å². The molecule has 1 amide bonds. The summed E-state index contributed by atoms with van der Waals surface area (Å²) >= 11 is 0. The van der Waals surface area contributed by atoms with Crippen LogP contribution in [0.25, 0.3) is 0 Å². The first kappa shape index (κ1) is 25.5. The average Bonchev–Trinajstić information content (AvgIpc) is 2.72. The molecule has 0 spiro atoms. The van der Waals surface area contributed by atoms with Crippen molar-refractivity contribution in [3.63, 3.8) is 0 Å². The predicted molar refractivity (Wildman–Crippen MR) is 125 cm³/mol. The molecule has 0 aromatic heterocycles. The average molecular weight is 461 g/mol. The maximum Gasteiger partial charge on any atom is 0.407 e. The summed E-state index contributed by atoms with van der Waals surface area (Å²) in [6.45, 7) is 5.34. The molecular weight excluding hydrogens is 428 g/mol. The van der Waals surface area contributed by atoms with Gasteiger partial charge in [-0.05, 0) is 44.7 Å². The van der Waals surface area contributed by atoms with Crippen molar-refractivity contribution in [2.75, 3.05) is 12.9 Å². The first-order chi connectivity index (χ1) is 15.2. The van der Waals surface area contributed by atoms with Crippen molar-refractivity contribution in [2.45, 2.75) is 51.3 Å². The van der Waals surface area contributed by atoms with Gasteiger partial charge in [0.15, 0.2) is 0 Å². The lowest BCUT2D eigenvalue weighted by Gasteiger charge is -2.24. The first-order valence-corrected chi connectivity index (χ1v) is 11.8. The lowest BCUT2D eigenvalue weighted by molar-refractivity contribution is -0.142. The fraction of sp³-hybridized carbons (Fsp3) is 0.417. The van der Waals surface area contributed by atoms with Gasteiger partial charge < -0.3 is 14.8 Å². The van der Waals surface area contributed by atoms with E-state index >= 15 is 0 Å². The minimum Gasteiger partial charge on any atom is -0.468 e. The van der Waals surface area contributed by atoms with Crippen molar-refractivity contribution < 1.29 is 23.3 Å². The molecule has 0 heterocycles. The molecule has 0 saturated carbocycles. The summed E-state index contributed by atoms with van der Waals surface area (Å²) in [5.41, 5.74) is 1.25. The standard InChI is InChI=1S/C24H32N2O5S/c1-24(2,3)31-23(28)25-20(15-18-11-7-5-8-12-18)17-32(29)26-21(22(27)30-4)16-19-13-9-6-10-14-19/h5-14,20-21,26H,15-17H2,1-4H3,(H,25,28)/t20-,21-,32?/m0/s1. The van der Waals surface area contributed by atoms with E-state index in [9.17, 15) is 13.8 Å². The van der Waals surface area contributed by atoms with Crippen LogP contribution >= 0.6 is 0 Å². The third kappa shape index (κ3) is 9.62. The lowest BCUT2D eigenvalue weighted by Crippen LogP contribution is -2.47. The van der Waals surface area contributed by atoms with E-state index < -0.39 is 40.7 Å². The molecule has 0 aliphatic rings. The van der Waals surface area contributed by atoms with Crippen LogP contribution in [-0.4, -0.2) is 46.8 Å². The van der Waals surface area contributed by atoms with Crippen LogP contribution in [0.3, 0.4) is 0 Å². The van der Waals surface area contributed by atoms with E-state index in [1.165, 1.54) is 7.11 Å². The molecule has 7 nitrogen and oxygen atoms in total. The van der Waals surface area contributed by atoms with Gasteiger partial charge in [-0.25, -0.2) is 13.7 Å². The molecule has 2 aromatic rings. The monoisotopic (exact) mass is 460 g/mol. The van der Waals surface area contributed by atoms with Gasteiger partial charge in [0.25, 0.3) is 0 Å². The van der Waals surface area contributed by atoms with Gasteiger partial charge in [-0.1, -0.05) is 60.7 Å². The van der Waals surface area contributed by atoms with E-state index in [-0.39, 0.29) is 5.75 Å². The number of hydrogen-bond acceptors (Lipinski definition) is 5. The zero-order chi connectivity index (χ0) is 23.6. The molecular formula is C24H32N2O5S. The third-order valence-corrected chi connectivity index (χ3v) is 5.69. The highest BCUT2D eigenvalue weighted by molar-refractivity contribution is 7.83. The van der Waals surface area contributed by atoms with Gasteiger partial charge in [0, 0.05) is 6.04 Å². The van der Waals surface area contributed by atoms with Crippen LogP contribution in [0.5, 0.6) is 0 Å². The summed E-state index contributed by atoms with van der Waals surface area (Å²) in [4.78, 5) is 24.6. The minimum atomic E-state index is -1.61. The van der Waals surface area contributed by atoms with Gasteiger partial charge in [-0.2, -0.15) is 0 Å². The van der Waals surface area contributed by atoms with E-state index in [0.29, 0.717) is 12.8 Å². The topological polar surface area (TPSA) is 93.7 Å². The summed E-state index contributed by atoms with van der Waals surface area (Å²) in [7, 11) is -0.312. The number of carbonyl (C=O) groups is 2. The van der Waals surface area contributed by atoms with Gasteiger partial charge in [-0.3, -0.25) is 4.79 Å². The number of nitrogens with one attached hydrogen (secondary N) is 2. The zero-order valence-corrected chi connectivity index (χ0v) is 19.8. The Morgan fingerprint density at radius 2 is 1.47 bits per heavy atom. The van der Waals surface area contributed by atoms with Crippen LogP contribution < -0.4 is 10.0 Å². The van der Waals surface area contributed by atoms with Crippen LogP contribution in [0, 0.1) is 0 Å². The maximum absolute atomic E-state index is 12.9. The molecule has 1 unspecified atom stereocenters. The molecule has 8 heteroatoms. The minimum absolute atomic E-state index is 0.0937. The highest BCUT2D eigenvalue weighted by atomic mass is 32.2. The molecule has 174 valence electrons. The highest BCUT2D eigenvalue weighted by Crippen LogP contribution is 2.10. The van der Waals surface area contributed by atoms with Crippen LogP contribution in [0.2, 0.25) is 0 Å². The first-order valence-electron chi connectivity index (χ1n) is 10.5. The van der Waals surface area contributed by atoms with Crippen LogP contribution in [0.4, 0.5) is 4.79 Å². The van der Waals surface area contributed by atoms with Crippen LogP contribution in [-0.2, 0) is 38.1 Å². The SMILES string of the molecule is COC(=O)[C@H](Cc1ccccc1)NS(=O)C[C@H](Cc1ccccc1)NC(=O)OC(C)(C)C. The Morgan fingerprint density at radius 1 is 0.938 bits per heavy atom. The number of hydrogen-bond donors (Lipinski definition) is 2. The molecule has 0 aliphatic heterocycles. The Bertz CT molecular complexity index is 884. The highest BCUT2D eigenvalue weighted by Gasteiger charge is 2.25. The number of amides is 1. The second-order valence-electron chi connectivity index (χ2n) is 8.43. The van der Waals surface area contributed by atoms with Crippen LogP contribution in [0.1, 0.15) is 31.9 Å². The quantitative estimate of drug-likeness (QED) is 0.531. The van der Waals surface area contributed by atoms with Crippen molar-refractivity contribution >= 4 is 23.0 Å². The summed E-state index contributed by atoms with van der Waals surface area (Å²) < 4.78 is 26.0. The molecule has 2 N–H and O–H groups in total. The normalized spacial score (nSPS) is 14.1. The van der Waals surface area contributed by atoms with Gasteiger partial charge in [0.2, 0.25) is 0 Å². The van der Waals surface area contributed by atoms with E-state index in [1.54, 1.807) is 20.8 Å². The Labute approximate surface area is 192 Å². The summed E-state index contributed by atoms with van der Waals surface area (Å²) in [6, 6.07) is 17.8. The fourth-order valence-corrected chi connectivity index (χ4v) is 4.24. The predicted octanol–water partition coefficient (Wildman–Crippen LogP) is 3.16. The molecule has 0 bridgehead atoms. The Balaban J connectivity index is 2.08. The number of methoxy groups -OCH3 is 1. The molecule has 0 saturated heterocycles. The number of rotatable bonds is 10. The van der Waals surface area contributed by atoms with Gasteiger partial charge in [0.1, 0.15) is 11.6 Å². The zero-order valence-electron chi connectivity index (χ0n) is 19.0. The Kier molecular flexibility index (Phi) is 9.87.